The molecule has 0 atom stereocenters. The van der Waals surface area contributed by atoms with Crippen LogP contribution in [0.1, 0.15) is 6.92 Å². The van der Waals surface area contributed by atoms with Gasteiger partial charge in [-0.05, 0) is 0 Å². The van der Waals surface area contributed by atoms with E-state index in [9.17, 15) is 4.79 Å². The number of aldehydes is 1. The standard InChI is InChI=1S/C10H10OSe/c1-9(7-8-11)12-10-5-3-2-4-6-10/h2-8H,1H3/b9-7-. The van der Waals surface area contributed by atoms with Crippen LogP contribution in [0.25, 0.3) is 0 Å². The van der Waals surface area contributed by atoms with Gasteiger partial charge in [0.1, 0.15) is 0 Å². The van der Waals surface area contributed by atoms with Crippen molar-refractivity contribution in [2.75, 3.05) is 0 Å². The van der Waals surface area contributed by atoms with Crippen LogP contribution in [0.5, 0.6) is 0 Å². The second-order valence-corrected chi connectivity index (χ2v) is 5.10. The predicted octanol–water partition coefficient (Wildman–Crippen LogP) is 1.12. The van der Waals surface area contributed by atoms with E-state index in [0.717, 1.165) is 10.8 Å². The maximum atomic E-state index is 10.1. The zero-order chi connectivity index (χ0) is 8.81. The summed E-state index contributed by atoms with van der Waals surface area (Å²) in [7, 11) is 0. The number of benzene rings is 1. The van der Waals surface area contributed by atoms with E-state index in [1.165, 1.54) is 4.46 Å². The molecular formula is C10H10OSe. The molecule has 2 heteroatoms. The molecule has 0 aliphatic rings. The van der Waals surface area contributed by atoms with Crippen LogP contribution in [0.3, 0.4) is 0 Å². The van der Waals surface area contributed by atoms with Crippen LogP contribution in [0, 0.1) is 0 Å². The average Bonchev–Trinajstić information content (AvgIpc) is 2.06. The Labute approximate surface area is 78.6 Å². The van der Waals surface area contributed by atoms with Crippen LogP contribution < -0.4 is 4.46 Å². The Kier molecular flexibility index (Phi) is 3.78. The van der Waals surface area contributed by atoms with Crippen LogP contribution >= 0.6 is 0 Å². The first-order valence-electron chi connectivity index (χ1n) is 3.68. The Hall–Kier alpha value is -0.851. The van der Waals surface area contributed by atoms with Gasteiger partial charge in [-0.15, -0.1) is 0 Å². The Bertz CT molecular complexity index is 277. The van der Waals surface area contributed by atoms with E-state index in [4.69, 9.17) is 0 Å². The van der Waals surface area contributed by atoms with Crippen LogP contribution in [-0.2, 0) is 4.79 Å². The molecule has 0 bridgehead atoms. The molecule has 0 aliphatic heterocycles. The molecule has 62 valence electrons. The Morgan fingerprint density at radius 1 is 1.33 bits per heavy atom. The number of carbonyl (C=O) groups is 1. The summed E-state index contributed by atoms with van der Waals surface area (Å²) in [5.74, 6) is 0. The van der Waals surface area contributed by atoms with Crippen LogP contribution in [0.2, 0.25) is 0 Å². The summed E-state index contributed by atoms with van der Waals surface area (Å²) in [6.45, 7) is 1.99. The maximum absolute atomic E-state index is 10.1. The third-order valence-corrected chi connectivity index (χ3v) is 3.35. The molecule has 1 aromatic carbocycles. The van der Waals surface area contributed by atoms with E-state index >= 15 is 0 Å². The first-order valence-corrected chi connectivity index (χ1v) is 5.39. The predicted molar refractivity (Wildman–Crippen MR) is 51.7 cm³/mol. The molecular weight excluding hydrogens is 215 g/mol. The van der Waals surface area contributed by atoms with Gasteiger partial charge in [0, 0.05) is 0 Å². The van der Waals surface area contributed by atoms with Gasteiger partial charge in [0.05, 0.1) is 0 Å². The van der Waals surface area contributed by atoms with Gasteiger partial charge in [0.25, 0.3) is 0 Å². The van der Waals surface area contributed by atoms with Crippen LogP contribution in [-0.4, -0.2) is 21.2 Å². The van der Waals surface area contributed by atoms with Crippen molar-refractivity contribution >= 4 is 25.7 Å². The zero-order valence-electron chi connectivity index (χ0n) is 6.86. The molecule has 0 amide bonds. The zero-order valence-corrected chi connectivity index (χ0v) is 8.57. The molecule has 0 radical (unpaired) electrons. The third-order valence-electron chi connectivity index (χ3n) is 1.32. The first kappa shape index (κ1) is 9.24. The fourth-order valence-electron chi connectivity index (χ4n) is 0.804. The molecule has 12 heavy (non-hydrogen) atoms. The van der Waals surface area contributed by atoms with Gasteiger partial charge in [-0.2, -0.15) is 0 Å². The van der Waals surface area contributed by atoms with Crippen molar-refractivity contribution in [2.24, 2.45) is 0 Å². The molecule has 0 aliphatic carbocycles. The molecule has 0 spiro atoms. The van der Waals surface area contributed by atoms with Gasteiger partial charge >= 0.3 is 78.3 Å². The van der Waals surface area contributed by atoms with Crippen molar-refractivity contribution in [2.45, 2.75) is 6.92 Å². The quantitative estimate of drug-likeness (QED) is 0.428. The summed E-state index contributed by atoms with van der Waals surface area (Å²) < 4.78 is 2.46. The number of hydrogen-bond acceptors (Lipinski definition) is 1. The number of carbonyl (C=O) groups excluding carboxylic acids is 1. The van der Waals surface area contributed by atoms with Gasteiger partial charge in [-0.1, -0.05) is 0 Å². The van der Waals surface area contributed by atoms with E-state index in [0.29, 0.717) is 15.0 Å². The molecule has 0 saturated heterocycles. The summed E-state index contributed by atoms with van der Waals surface area (Å²) >= 11 is 0.308. The minimum atomic E-state index is 0.308. The summed E-state index contributed by atoms with van der Waals surface area (Å²) in [4.78, 5) is 10.1. The molecule has 0 unspecified atom stereocenters. The SMILES string of the molecule is C/C(=C/C=O)[Se]c1ccccc1. The van der Waals surface area contributed by atoms with Gasteiger partial charge in [-0.3, -0.25) is 0 Å². The monoisotopic (exact) mass is 226 g/mol. The second-order valence-electron chi connectivity index (χ2n) is 2.33. The molecule has 0 heterocycles. The molecule has 1 rings (SSSR count). The van der Waals surface area contributed by atoms with E-state index < -0.39 is 0 Å². The second kappa shape index (κ2) is 4.91. The molecule has 0 N–H and O–H groups in total. The minimum absolute atomic E-state index is 0.308. The van der Waals surface area contributed by atoms with Gasteiger partial charge in [-0.25, -0.2) is 0 Å². The normalized spacial score (nSPS) is 11.2. The number of hydrogen-bond donors (Lipinski definition) is 0. The molecule has 0 fully saturated rings. The Balaban J connectivity index is 2.64. The topological polar surface area (TPSA) is 17.1 Å². The summed E-state index contributed by atoms with van der Waals surface area (Å²) in [6, 6.07) is 10.2. The summed E-state index contributed by atoms with van der Waals surface area (Å²) in [5.41, 5.74) is 0. The van der Waals surface area contributed by atoms with Crippen molar-refractivity contribution in [1.29, 1.82) is 0 Å². The summed E-state index contributed by atoms with van der Waals surface area (Å²) in [6.07, 6.45) is 2.48. The fourth-order valence-corrected chi connectivity index (χ4v) is 2.46. The Morgan fingerprint density at radius 2 is 2.00 bits per heavy atom. The van der Waals surface area contributed by atoms with Crippen molar-refractivity contribution < 1.29 is 4.79 Å². The van der Waals surface area contributed by atoms with Gasteiger partial charge < -0.3 is 0 Å². The first-order chi connectivity index (χ1) is 5.83. The van der Waals surface area contributed by atoms with Crippen molar-refractivity contribution in [3.8, 4) is 0 Å². The molecule has 0 aromatic heterocycles. The van der Waals surface area contributed by atoms with Crippen LogP contribution in [0.4, 0.5) is 0 Å². The number of rotatable bonds is 3. The van der Waals surface area contributed by atoms with E-state index in [-0.39, 0.29) is 0 Å². The molecule has 0 saturated carbocycles. The van der Waals surface area contributed by atoms with Crippen molar-refractivity contribution in [3.63, 3.8) is 0 Å². The fraction of sp³-hybridized carbons (Fsp3) is 0.100. The molecule has 1 aromatic rings. The van der Waals surface area contributed by atoms with E-state index in [2.05, 4.69) is 12.1 Å². The third kappa shape index (κ3) is 3.04. The number of allylic oxidation sites excluding steroid dienone is 2. The van der Waals surface area contributed by atoms with E-state index in [1.54, 1.807) is 6.08 Å². The van der Waals surface area contributed by atoms with Crippen LogP contribution in [0.15, 0.2) is 40.9 Å². The molecule has 1 nitrogen and oxygen atoms in total. The Morgan fingerprint density at radius 3 is 2.58 bits per heavy atom. The summed E-state index contributed by atoms with van der Waals surface area (Å²) in [5, 5.41) is 0. The van der Waals surface area contributed by atoms with E-state index in [1.807, 2.05) is 25.1 Å². The van der Waals surface area contributed by atoms with Gasteiger partial charge in [0.2, 0.25) is 0 Å². The average molecular weight is 225 g/mol. The van der Waals surface area contributed by atoms with Crippen molar-refractivity contribution in [3.05, 3.63) is 40.9 Å². The van der Waals surface area contributed by atoms with Gasteiger partial charge in [0.15, 0.2) is 0 Å². The van der Waals surface area contributed by atoms with Crippen molar-refractivity contribution in [1.82, 2.24) is 0 Å².